The second-order valence-electron chi connectivity index (χ2n) is 7.72. The van der Waals surface area contributed by atoms with Crippen molar-refractivity contribution >= 4 is 24.0 Å². The highest BCUT2D eigenvalue weighted by atomic mass is 31.2. The van der Waals surface area contributed by atoms with Gasteiger partial charge in [0, 0.05) is 0 Å². The molecule has 0 aliphatic heterocycles. The number of hydrogen-bond acceptors (Lipinski definition) is 7. The molecule has 0 amide bonds. The predicted octanol–water partition coefficient (Wildman–Crippen LogP) is 14.1. The fraction of sp³-hybridized carbons (Fsp3) is 0.222. The van der Waals surface area contributed by atoms with Crippen LogP contribution in [-0.4, -0.2) is 4.89 Å². The molecule has 3 unspecified atom stereocenters. The van der Waals surface area contributed by atoms with Gasteiger partial charge < -0.3 is 9.42 Å². The number of hydrogen-bond donors (Lipinski definition) is 3. The molecule has 3 N–H and O–H groups in total. The summed E-state index contributed by atoms with van der Waals surface area (Å²) >= 11 is 0. The topological polar surface area (TPSA) is 126 Å². The summed E-state index contributed by atoms with van der Waals surface area (Å²) in [6.07, 6.45) is 10.0. The Bertz CT molecular complexity index is 1460. The summed E-state index contributed by atoms with van der Waals surface area (Å²) in [5.74, 6) is 2.48. The minimum absolute atomic E-state index is 0.335. The molecule has 0 heterocycles. The molecule has 3 rings (SSSR count). The van der Waals surface area contributed by atoms with Gasteiger partial charge in [0.05, 0.1) is 4.52 Å². The Labute approximate surface area is 290 Å². The first-order chi connectivity index (χ1) is 23.3. The smallest absolute Gasteiger partial charge is 0.420 e. The number of nitrogens with zero attached hydrogens (tertiary/aromatic N) is 1. The van der Waals surface area contributed by atoms with E-state index in [9.17, 15) is 4.89 Å². The van der Waals surface area contributed by atoms with Crippen molar-refractivity contribution in [3.63, 3.8) is 0 Å². The number of benzene rings is 3. The number of nitrogens with one attached hydrogen (secondary N) is 2. The van der Waals surface area contributed by atoms with Crippen molar-refractivity contribution in [2.75, 3.05) is 0 Å². The SMILES string of the molecule is C/C=C\C(=C/C)O[P+](=N)Oc1ccccc1.C=C/C=C(\C=C)O/[P+](=N/P(=N)(O)Oc1ccccc1)Oc1ccccc1.CC.CC.CC. The van der Waals surface area contributed by atoms with Crippen LogP contribution in [0.4, 0.5) is 0 Å². The van der Waals surface area contributed by atoms with E-state index in [1.165, 1.54) is 12.2 Å². The van der Waals surface area contributed by atoms with Crippen molar-refractivity contribution < 1.29 is 27.5 Å². The van der Waals surface area contributed by atoms with Gasteiger partial charge in [0.2, 0.25) is 0 Å². The molecule has 0 bridgehead atoms. The first kappa shape index (κ1) is 45.9. The van der Waals surface area contributed by atoms with Crippen molar-refractivity contribution in [1.82, 2.24) is 0 Å². The van der Waals surface area contributed by atoms with Crippen LogP contribution in [0.3, 0.4) is 0 Å². The third-order valence-electron chi connectivity index (χ3n) is 4.50. The molecule has 0 aromatic heterocycles. The van der Waals surface area contributed by atoms with Gasteiger partial charge in [-0.25, -0.2) is 23.3 Å². The summed E-state index contributed by atoms with van der Waals surface area (Å²) in [6.45, 7) is 23.0. The lowest BCUT2D eigenvalue weighted by molar-refractivity contribution is 0.424. The quantitative estimate of drug-likeness (QED) is 0.0866. The summed E-state index contributed by atoms with van der Waals surface area (Å²) in [5, 5.41) is 15.7. The molecule has 48 heavy (non-hydrogen) atoms. The molecule has 0 saturated heterocycles. The fourth-order valence-electron chi connectivity index (χ4n) is 2.75. The Kier molecular flexibility index (Phi) is 28.8. The number of rotatable bonds is 14. The maximum Gasteiger partial charge on any atom is 0.678 e. The van der Waals surface area contributed by atoms with Gasteiger partial charge in [0.25, 0.3) is 0 Å². The van der Waals surface area contributed by atoms with E-state index >= 15 is 0 Å². The Morgan fingerprint density at radius 3 is 1.60 bits per heavy atom. The zero-order valence-corrected chi connectivity index (χ0v) is 32.0. The molecule has 3 aromatic carbocycles. The van der Waals surface area contributed by atoms with Crippen LogP contribution in [0.1, 0.15) is 55.4 Å². The van der Waals surface area contributed by atoms with E-state index in [1.807, 2.05) is 85.7 Å². The zero-order valence-electron chi connectivity index (χ0n) is 29.3. The lowest BCUT2D eigenvalue weighted by Crippen LogP contribution is -1.91. The molecule has 0 fully saturated rings. The van der Waals surface area contributed by atoms with Crippen LogP contribution in [0, 0.1) is 10.3 Å². The lowest BCUT2D eigenvalue weighted by Gasteiger charge is -2.08. The predicted molar refractivity (Wildman–Crippen MR) is 205 cm³/mol. The van der Waals surface area contributed by atoms with Crippen LogP contribution in [0.15, 0.2) is 157 Å². The van der Waals surface area contributed by atoms with Gasteiger partial charge in [-0.15, -0.1) is 0 Å². The van der Waals surface area contributed by atoms with E-state index in [-0.39, 0.29) is 0 Å². The summed E-state index contributed by atoms with van der Waals surface area (Å²) in [6, 6.07) is 26.6. The summed E-state index contributed by atoms with van der Waals surface area (Å²) < 4.78 is 31.3. The van der Waals surface area contributed by atoms with Gasteiger partial charge in [0.15, 0.2) is 23.0 Å². The van der Waals surface area contributed by atoms with Gasteiger partial charge in [-0.1, -0.05) is 121 Å². The lowest BCUT2D eigenvalue weighted by atomic mass is 10.3. The third-order valence-corrected chi connectivity index (χ3v) is 8.01. The van der Waals surface area contributed by atoms with E-state index in [0.29, 0.717) is 28.8 Å². The van der Waals surface area contributed by atoms with Gasteiger partial charge in [0.1, 0.15) is 5.75 Å². The number of para-hydroxylation sites is 3. The van der Waals surface area contributed by atoms with Crippen LogP contribution in [0.25, 0.3) is 0 Å². The Morgan fingerprint density at radius 1 is 0.729 bits per heavy atom. The monoisotopic (exact) mass is 715 g/mol. The fourth-order valence-corrected chi connectivity index (χ4v) is 5.76. The molecular formula is C36H52N3O6P3+2. The molecule has 0 aliphatic carbocycles. The Morgan fingerprint density at radius 2 is 1.19 bits per heavy atom. The van der Waals surface area contributed by atoms with E-state index in [4.69, 9.17) is 32.9 Å². The van der Waals surface area contributed by atoms with Gasteiger partial charge in [-0.2, -0.15) is 0 Å². The molecule has 0 spiro atoms. The summed E-state index contributed by atoms with van der Waals surface area (Å²) in [7, 11) is -7.61. The van der Waals surface area contributed by atoms with Crippen molar-refractivity contribution in [2.24, 2.45) is 4.52 Å². The maximum atomic E-state index is 10.3. The molecule has 0 radical (unpaired) electrons. The second kappa shape index (κ2) is 30.1. The van der Waals surface area contributed by atoms with Gasteiger partial charge >= 0.3 is 24.0 Å². The first-order valence-electron chi connectivity index (χ1n) is 15.5. The van der Waals surface area contributed by atoms with Crippen molar-refractivity contribution in [1.29, 1.82) is 10.3 Å². The zero-order chi connectivity index (χ0) is 36.6. The summed E-state index contributed by atoms with van der Waals surface area (Å²) in [4.78, 5) is 10.3. The average Bonchev–Trinajstić information content (AvgIpc) is 3.11. The van der Waals surface area contributed by atoms with E-state index in [1.54, 1.807) is 85.0 Å². The van der Waals surface area contributed by atoms with Crippen molar-refractivity contribution in [3.05, 3.63) is 152 Å². The minimum atomic E-state index is -3.88. The van der Waals surface area contributed by atoms with E-state index in [2.05, 4.69) is 17.7 Å². The highest BCUT2D eigenvalue weighted by Gasteiger charge is 2.31. The standard InChI is InChI=1S/C18H19N2O4P2.C12H15NO2P.3C2H6/c1-3-11-16(4-2)22-25(23-17-12-7-5-8-13-17)20-26(19,21)24-18-14-9-6-10-15-18;1-3-8-11(4-2)14-16(13)15-12-9-6-5-7-10-12;3*1-2/h3-15H,1-2H2,(H2,19,21);3-10,13H,1-2H3;3*1-2H3/q2*+1;;;/b16-11+;8-3-,11-4+;;;. The van der Waals surface area contributed by atoms with E-state index in [0.717, 1.165) is 0 Å². The van der Waals surface area contributed by atoms with Crippen LogP contribution < -0.4 is 13.6 Å². The molecule has 0 aliphatic rings. The van der Waals surface area contributed by atoms with Crippen LogP contribution in [-0.2, 0) is 9.05 Å². The Balaban J connectivity index is 0. The normalized spacial score (nSPS) is 12.2. The first-order valence-corrected chi connectivity index (χ1v) is 19.4. The molecule has 260 valence electrons. The molecule has 3 atom stereocenters. The van der Waals surface area contributed by atoms with Gasteiger partial charge in [-0.05, 0) is 79.7 Å². The highest BCUT2D eigenvalue weighted by Crippen LogP contribution is 2.52. The largest absolute Gasteiger partial charge is 0.678 e. The van der Waals surface area contributed by atoms with Crippen LogP contribution in [0.2, 0.25) is 0 Å². The number of allylic oxidation sites excluding steroid dienone is 6. The molecule has 9 nitrogen and oxygen atoms in total. The van der Waals surface area contributed by atoms with Gasteiger partial charge in [-0.3, -0.25) is 0 Å². The Hall–Kier alpha value is -4.25. The molecule has 3 aromatic rings. The highest BCUT2D eigenvalue weighted by molar-refractivity contribution is 7.59. The average molecular weight is 716 g/mol. The second-order valence-corrected chi connectivity index (χ2v) is 11.4. The van der Waals surface area contributed by atoms with Crippen molar-refractivity contribution in [3.8, 4) is 17.2 Å². The maximum absolute atomic E-state index is 10.3. The molecule has 0 saturated carbocycles. The van der Waals surface area contributed by atoms with Crippen LogP contribution >= 0.6 is 24.0 Å². The summed E-state index contributed by atoms with van der Waals surface area (Å²) in [5.41, 5.74) is 0. The van der Waals surface area contributed by atoms with Crippen LogP contribution in [0.5, 0.6) is 17.2 Å². The third kappa shape index (κ3) is 22.3. The molecule has 12 heteroatoms. The minimum Gasteiger partial charge on any atom is -0.420 e. The van der Waals surface area contributed by atoms with E-state index < -0.39 is 24.0 Å². The molecular weight excluding hydrogens is 663 g/mol. The van der Waals surface area contributed by atoms with Crippen molar-refractivity contribution in [2.45, 2.75) is 55.4 Å².